The van der Waals surface area contributed by atoms with Crippen molar-refractivity contribution in [1.29, 1.82) is 0 Å². The summed E-state index contributed by atoms with van der Waals surface area (Å²) in [6.45, 7) is 4.37. The Kier molecular flexibility index (Phi) is 5.28. The number of halogens is 1. The third-order valence-corrected chi connectivity index (χ3v) is 4.09. The highest BCUT2D eigenvalue weighted by Gasteiger charge is 2.24. The zero-order chi connectivity index (χ0) is 13.7. The number of hydrogen-bond donors (Lipinski definition) is 1. The molecule has 0 spiro atoms. The second-order valence-electron chi connectivity index (χ2n) is 5.33. The van der Waals surface area contributed by atoms with Gasteiger partial charge in [-0.2, -0.15) is 0 Å². The van der Waals surface area contributed by atoms with Crippen molar-refractivity contribution in [1.82, 2.24) is 15.2 Å². The first-order valence-corrected chi connectivity index (χ1v) is 7.26. The van der Waals surface area contributed by atoms with E-state index in [1.807, 2.05) is 6.07 Å². The molecule has 1 N–H and O–H groups in total. The lowest BCUT2D eigenvalue weighted by molar-refractivity contribution is 0.153. The minimum atomic E-state index is -0.264. The molecule has 1 saturated heterocycles. The van der Waals surface area contributed by atoms with Crippen LogP contribution in [0.15, 0.2) is 18.3 Å². The first-order valence-electron chi connectivity index (χ1n) is 7.26. The van der Waals surface area contributed by atoms with Crippen LogP contribution in [0.25, 0.3) is 0 Å². The summed E-state index contributed by atoms with van der Waals surface area (Å²) in [6.07, 6.45) is 5.94. The van der Waals surface area contributed by atoms with Crippen LogP contribution in [0.5, 0.6) is 0 Å². The Morgan fingerprint density at radius 2 is 2.26 bits per heavy atom. The van der Waals surface area contributed by atoms with Gasteiger partial charge in [-0.05, 0) is 58.0 Å². The molecule has 0 aromatic carbocycles. The van der Waals surface area contributed by atoms with E-state index in [9.17, 15) is 4.39 Å². The van der Waals surface area contributed by atoms with Gasteiger partial charge in [0.25, 0.3) is 0 Å². The summed E-state index contributed by atoms with van der Waals surface area (Å²) in [7, 11) is 2.18. The fraction of sp³-hybridized carbons (Fsp3) is 0.667. The van der Waals surface area contributed by atoms with Crippen LogP contribution in [0.4, 0.5) is 4.39 Å². The molecule has 1 fully saturated rings. The molecule has 0 radical (unpaired) electrons. The van der Waals surface area contributed by atoms with Crippen LogP contribution in [-0.4, -0.2) is 36.1 Å². The minimum absolute atomic E-state index is 0.264. The maximum atomic E-state index is 13.0. The summed E-state index contributed by atoms with van der Waals surface area (Å²) in [5, 5.41) is 3.44. The summed E-state index contributed by atoms with van der Waals surface area (Å²) < 4.78 is 13.0. The third-order valence-electron chi connectivity index (χ3n) is 4.09. The van der Waals surface area contributed by atoms with Crippen molar-refractivity contribution in [3.05, 3.63) is 29.8 Å². The lowest BCUT2D eigenvalue weighted by atomic mass is 10.0. The van der Waals surface area contributed by atoms with Gasteiger partial charge in [0.05, 0.1) is 17.9 Å². The highest BCUT2D eigenvalue weighted by molar-refractivity contribution is 5.10. The fourth-order valence-corrected chi connectivity index (χ4v) is 2.95. The van der Waals surface area contributed by atoms with Crippen molar-refractivity contribution in [2.24, 2.45) is 0 Å². The van der Waals surface area contributed by atoms with Gasteiger partial charge in [0, 0.05) is 6.04 Å². The first kappa shape index (κ1) is 14.4. The van der Waals surface area contributed by atoms with Crippen LogP contribution in [0.2, 0.25) is 0 Å². The quantitative estimate of drug-likeness (QED) is 0.907. The molecular formula is C15H24FN3. The zero-order valence-electron chi connectivity index (χ0n) is 11.9. The number of nitrogens with one attached hydrogen (secondary N) is 1. The molecule has 19 heavy (non-hydrogen) atoms. The Hall–Kier alpha value is -1.00. The standard InChI is InChI=1S/C15H24FN3/c1-3-15(14-7-6-12(16)11-18-14)19(2)13-5-4-9-17-10-8-13/h6-7,11,13,15,17H,3-5,8-10H2,1-2H3. The molecule has 2 rings (SSSR count). The summed E-state index contributed by atoms with van der Waals surface area (Å²) in [5.74, 6) is -0.264. The Balaban J connectivity index is 2.09. The van der Waals surface area contributed by atoms with E-state index >= 15 is 0 Å². The highest BCUT2D eigenvalue weighted by Crippen LogP contribution is 2.26. The van der Waals surface area contributed by atoms with Gasteiger partial charge >= 0.3 is 0 Å². The van der Waals surface area contributed by atoms with Crippen molar-refractivity contribution < 1.29 is 4.39 Å². The molecule has 1 aliphatic heterocycles. The lowest BCUT2D eigenvalue weighted by Crippen LogP contribution is -2.36. The Morgan fingerprint density at radius 1 is 1.42 bits per heavy atom. The van der Waals surface area contributed by atoms with Gasteiger partial charge in [-0.25, -0.2) is 4.39 Å². The molecular weight excluding hydrogens is 241 g/mol. The molecule has 0 aliphatic carbocycles. The van der Waals surface area contributed by atoms with E-state index in [1.54, 1.807) is 0 Å². The topological polar surface area (TPSA) is 28.2 Å². The lowest BCUT2D eigenvalue weighted by Gasteiger charge is -2.33. The average molecular weight is 265 g/mol. The molecule has 2 atom stereocenters. The maximum absolute atomic E-state index is 13.0. The van der Waals surface area contributed by atoms with Gasteiger partial charge in [0.1, 0.15) is 5.82 Å². The van der Waals surface area contributed by atoms with Crippen molar-refractivity contribution in [2.75, 3.05) is 20.1 Å². The van der Waals surface area contributed by atoms with E-state index in [0.717, 1.165) is 25.2 Å². The molecule has 3 nitrogen and oxygen atoms in total. The molecule has 0 bridgehead atoms. The largest absolute Gasteiger partial charge is 0.317 e. The van der Waals surface area contributed by atoms with Gasteiger partial charge in [-0.15, -0.1) is 0 Å². The van der Waals surface area contributed by atoms with Crippen molar-refractivity contribution in [3.8, 4) is 0 Å². The smallest absolute Gasteiger partial charge is 0.141 e. The van der Waals surface area contributed by atoms with E-state index in [2.05, 4.69) is 29.2 Å². The zero-order valence-corrected chi connectivity index (χ0v) is 11.9. The van der Waals surface area contributed by atoms with Crippen LogP contribution in [0.1, 0.15) is 44.3 Å². The van der Waals surface area contributed by atoms with E-state index in [0.29, 0.717) is 6.04 Å². The van der Waals surface area contributed by atoms with E-state index in [-0.39, 0.29) is 11.9 Å². The van der Waals surface area contributed by atoms with Crippen molar-refractivity contribution >= 4 is 0 Å². The van der Waals surface area contributed by atoms with Gasteiger partial charge in [-0.3, -0.25) is 9.88 Å². The van der Waals surface area contributed by atoms with Gasteiger partial charge in [0.15, 0.2) is 0 Å². The van der Waals surface area contributed by atoms with Crippen molar-refractivity contribution in [2.45, 2.75) is 44.7 Å². The Bertz CT molecular complexity index is 371. The predicted octanol–water partition coefficient (Wildman–Crippen LogP) is 2.75. The van der Waals surface area contributed by atoms with Crippen molar-refractivity contribution in [3.63, 3.8) is 0 Å². The Morgan fingerprint density at radius 3 is 2.95 bits per heavy atom. The molecule has 0 saturated carbocycles. The van der Waals surface area contributed by atoms with Crippen LogP contribution in [0.3, 0.4) is 0 Å². The van der Waals surface area contributed by atoms with Crippen LogP contribution < -0.4 is 5.32 Å². The van der Waals surface area contributed by atoms with E-state index in [4.69, 9.17) is 0 Å². The molecule has 1 aromatic rings. The molecule has 4 heteroatoms. The normalized spacial score (nSPS) is 22.2. The Labute approximate surface area is 115 Å². The van der Waals surface area contributed by atoms with Crippen LogP contribution >= 0.6 is 0 Å². The van der Waals surface area contributed by atoms with Gasteiger partial charge in [0.2, 0.25) is 0 Å². The highest BCUT2D eigenvalue weighted by atomic mass is 19.1. The molecule has 1 aromatic heterocycles. The van der Waals surface area contributed by atoms with E-state index in [1.165, 1.54) is 31.5 Å². The number of nitrogens with zero attached hydrogens (tertiary/aromatic N) is 2. The number of pyridine rings is 1. The van der Waals surface area contributed by atoms with Gasteiger partial charge < -0.3 is 5.32 Å². The molecule has 2 heterocycles. The molecule has 0 amide bonds. The summed E-state index contributed by atoms with van der Waals surface area (Å²) >= 11 is 0. The molecule has 106 valence electrons. The predicted molar refractivity (Wildman–Crippen MR) is 75.5 cm³/mol. The summed E-state index contributed by atoms with van der Waals surface area (Å²) in [4.78, 5) is 6.68. The second-order valence-corrected chi connectivity index (χ2v) is 5.33. The number of aromatic nitrogens is 1. The van der Waals surface area contributed by atoms with Crippen LogP contribution in [0, 0.1) is 5.82 Å². The van der Waals surface area contributed by atoms with Gasteiger partial charge in [-0.1, -0.05) is 6.92 Å². The van der Waals surface area contributed by atoms with E-state index < -0.39 is 0 Å². The monoisotopic (exact) mass is 265 g/mol. The fourth-order valence-electron chi connectivity index (χ4n) is 2.95. The summed E-state index contributed by atoms with van der Waals surface area (Å²) in [5.41, 5.74) is 0.976. The first-order chi connectivity index (χ1) is 9.22. The average Bonchev–Trinajstić information content (AvgIpc) is 2.70. The maximum Gasteiger partial charge on any atom is 0.141 e. The summed E-state index contributed by atoms with van der Waals surface area (Å²) in [6, 6.07) is 4.19. The SMILES string of the molecule is CCC(c1ccc(F)cn1)N(C)C1CCCNCC1. The number of hydrogen-bond acceptors (Lipinski definition) is 3. The number of rotatable bonds is 4. The molecule has 1 aliphatic rings. The second kappa shape index (κ2) is 6.96. The third kappa shape index (κ3) is 3.74. The minimum Gasteiger partial charge on any atom is -0.317 e. The molecule has 2 unspecified atom stereocenters. The van der Waals surface area contributed by atoms with Crippen LogP contribution in [-0.2, 0) is 0 Å².